The molecule has 0 aliphatic carbocycles. The molecule has 0 fully saturated rings. The van der Waals surface area contributed by atoms with Crippen LogP contribution < -0.4 is 5.73 Å². The Morgan fingerprint density at radius 3 is 3.00 bits per heavy atom. The van der Waals surface area contributed by atoms with Gasteiger partial charge in [0.1, 0.15) is 5.65 Å². The zero-order valence-electron chi connectivity index (χ0n) is 9.01. The molecule has 15 heavy (non-hydrogen) atoms. The molecule has 2 heterocycles. The fourth-order valence-corrected chi connectivity index (χ4v) is 1.39. The largest absolute Gasteiger partial charge is 0.324 e. The quantitative estimate of drug-likeness (QED) is 0.808. The van der Waals surface area contributed by atoms with Crippen molar-refractivity contribution in [2.24, 2.45) is 5.73 Å². The summed E-state index contributed by atoms with van der Waals surface area (Å²) in [5, 5.41) is 0. The molecule has 1 unspecified atom stereocenters. The average molecular weight is 201 g/mol. The van der Waals surface area contributed by atoms with Crippen molar-refractivity contribution in [2.45, 2.75) is 19.9 Å². The normalized spacial score (nSPS) is 14.5. The van der Waals surface area contributed by atoms with Crippen molar-refractivity contribution < 1.29 is 0 Å². The first kappa shape index (κ1) is 9.93. The highest BCUT2D eigenvalue weighted by molar-refractivity contribution is 5.54. The van der Waals surface area contributed by atoms with E-state index in [9.17, 15) is 0 Å². The lowest BCUT2D eigenvalue weighted by atomic mass is 10.1. The van der Waals surface area contributed by atoms with Crippen LogP contribution in [0.4, 0.5) is 0 Å². The molecular weight excluding hydrogens is 186 g/mol. The Kier molecular flexibility index (Phi) is 2.56. The van der Waals surface area contributed by atoms with E-state index in [1.807, 2.05) is 54.9 Å². The van der Waals surface area contributed by atoms with Crippen LogP contribution in [0.25, 0.3) is 11.7 Å². The van der Waals surface area contributed by atoms with Crippen molar-refractivity contribution in [3.05, 3.63) is 41.9 Å². The Morgan fingerprint density at radius 1 is 1.53 bits per heavy atom. The number of aromatic nitrogens is 2. The number of imidazole rings is 1. The minimum absolute atomic E-state index is 0.0785. The van der Waals surface area contributed by atoms with Crippen LogP contribution in [-0.4, -0.2) is 15.4 Å². The van der Waals surface area contributed by atoms with Gasteiger partial charge in [-0.05, 0) is 32.1 Å². The van der Waals surface area contributed by atoms with E-state index in [0.717, 1.165) is 16.9 Å². The van der Waals surface area contributed by atoms with Gasteiger partial charge in [-0.25, -0.2) is 4.98 Å². The van der Waals surface area contributed by atoms with Gasteiger partial charge in [0, 0.05) is 18.4 Å². The molecule has 3 nitrogen and oxygen atoms in total. The fraction of sp³-hybridized carbons (Fsp3) is 0.250. The molecule has 0 radical (unpaired) electrons. The van der Waals surface area contributed by atoms with Gasteiger partial charge >= 0.3 is 0 Å². The van der Waals surface area contributed by atoms with Crippen LogP contribution in [0.2, 0.25) is 0 Å². The second-order valence-electron chi connectivity index (χ2n) is 3.81. The molecule has 0 saturated heterocycles. The van der Waals surface area contributed by atoms with Gasteiger partial charge < -0.3 is 10.1 Å². The van der Waals surface area contributed by atoms with Crippen LogP contribution in [0.3, 0.4) is 0 Å². The highest BCUT2D eigenvalue weighted by Gasteiger charge is 2.00. The lowest BCUT2D eigenvalue weighted by molar-refractivity contribution is 0.867. The molecule has 2 rings (SSSR count). The summed E-state index contributed by atoms with van der Waals surface area (Å²) in [4.78, 5) is 4.47. The predicted molar refractivity (Wildman–Crippen MR) is 62.5 cm³/mol. The number of pyridine rings is 1. The Balaban J connectivity index is 2.41. The first-order valence-corrected chi connectivity index (χ1v) is 5.04. The Morgan fingerprint density at radius 2 is 2.33 bits per heavy atom. The summed E-state index contributed by atoms with van der Waals surface area (Å²) >= 11 is 0. The molecule has 3 heteroatoms. The van der Waals surface area contributed by atoms with Gasteiger partial charge in [0.2, 0.25) is 0 Å². The average Bonchev–Trinajstić information content (AvgIpc) is 2.59. The third-order valence-electron chi connectivity index (χ3n) is 2.48. The van der Waals surface area contributed by atoms with E-state index < -0.39 is 0 Å². The molecule has 0 bridgehead atoms. The lowest BCUT2D eigenvalue weighted by Crippen LogP contribution is -2.15. The molecule has 2 aromatic heterocycles. The standard InChI is InChI=1S/C12H15N3/c1-9(10(2)13)7-11-8-15-6-4-3-5-12(15)14-11/h3-8,10H,13H2,1-2H3/b9-7+. The molecule has 0 aliphatic rings. The maximum absolute atomic E-state index is 5.78. The summed E-state index contributed by atoms with van der Waals surface area (Å²) in [6, 6.07) is 6.03. The number of fused-ring (bicyclic) bond motifs is 1. The van der Waals surface area contributed by atoms with E-state index in [1.54, 1.807) is 0 Å². The van der Waals surface area contributed by atoms with Gasteiger partial charge in [-0.2, -0.15) is 0 Å². The topological polar surface area (TPSA) is 43.3 Å². The maximum Gasteiger partial charge on any atom is 0.137 e. The van der Waals surface area contributed by atoms with Crippen molar-refractivity contribution in [2.75, 3.05) is 0 Å². The summed E-state index contributed by atoms with van der Waals surface area (Å²) in [7, 11) is 0. The van der Waals surface area contributed by atoms with Crippen molar-refractivity contribution >= 4 is 11.7 Å². The molecule has 2 aromatic rings. The molecule has 0 amide bonds. The van der Waals surface area contributed by atoms with Crippen LogP contribution in [0.15, 0.2) is 36.2 Å². The van der Waals surface area contributed by atoms with Crippen LogP contribution >= 0.6 is 0 Å². The lowest BCUT2D eigenvalue weighted by Gasteiger charge is -2.02. The zero-order chi connectivity index (χ0) is 10.8. The molecule has 1 atom stereocenters. The minimum atomic E-state index is 0.0785. The smallest absolute Gasteiger partial charge is 0.137 e. The highest BCUT2D eigenvalue weighted by atomic mass is 15.0. The predicted octanol–water partition coefficient (Wildman–Crippen LogP) is 2.08. The van der Waals surface area contributed by atoms with Crippen LogP contribution in [0.1, 0.15) is 19.5 Å². The maximum atomic E-state index is 5.78. The minimum Gasteiger partial charge on any atom is -0.324 e. The Hall–Kier alpha value is -1.61. The van der Waals surface area contributed by atoms with E-state index in [4.69, 9.17) is 5.73 Å². The van der Waals surface area contributed by atoms with Crippen molar-refractivity contribution in [1.82, 2.24) is 9.38 Å². The number of hydrogen-bond donors (Lipinski definition) is 1. The summed E-state index contributed by atoms with van der Waals surface area (Å²) in [6.45, 7) is 4.00. The second kappa shape index (κ2) is 3.87. The van der Waals surface area contributed by atoms with E-state index in [0.29, 0.717) is 0 Å². The van der Waals surface area contributed by atoms with Gasteiger partial charge in [0.15, 0.2) is 0 Å². The van der Waals surface area contributed by atoms with Gasteiger partial charge in [0.05, 0.1) is 5.69 Å². The molecule has 0 aromatic carbocycles. The summed E-state index contributed by atoms with van der Waals surface area (Å²) in [5.41, 5.74) is 8.83. The van der Waals surface area contributed by atoms with Crippen LogP contribution in [0, 0.1) is 0 Å². The number of nitrogens with two attached hydrogens (primary N) is 1. The van der Waals surface area contributed by atoms with E-state index >= 15 is 0 Å². The molecule has 0 spiro atoms. The van der Waals surface area contributed by atoms with Gasteiger partial charge in [-0.3, -0.25) is 0 Å². The molecule has 78 valence electrons. The monoisotopic (exact) mass is 201 g/mol. The molecule has 0 saturated carbocycles. The van der Waals surface area contributed by atoms with E-state index in [2.05, 4.69) is 4.98 Å². The van der Waals surface area contributed by atoms with Gasteiger partial charge in [-0.15, -0.1) is 0 Å². The third-order valence-corrected chi connectivity index (χ3v) is 2.48. The molecule has 0 aliphatic heterocycles. The Labute approximate surface area is 89.2 Å². The third kappa shape index (κ3) is 2.07. The van der Waals surface area contributed by atoms with Crippen molar-refractivity contribution in [1.29, 1.82) is 0 Å². The summed E-state index contributed by atoms with van der Waals surface area (Å²) in [6.07, 6.45) is 6.01. The van der Waals surface area contributed by atoms with Crippen LogP contribution in [-0.2, 0) is 0 Å². The van der Waals surface area contributed by atoms with Crippen LogP contribution in [0.5, 0.6) is 0 Å². The molecule has 2 N–H and O–H groups in total. The molecular formula is C12H15N3. The van der Waals surface area contributed by atoms with Gasteiger partial charge in [-0.1, -0.05) is 11.6 Å². The number of rotatable bonds is 2. The summed E-state index contributed by atoms with van der Waals surface area (Å²) < 4.78 is 2.00. The fourth-order valence-electron chi connectivity index (χ4n) is 1.39. The Bertz CT molecular complexity index is 461. The van der Waals surface area contributed by atoms with Gasteiger partial charge in [0.25, 0.3) is 0 Å². The van der Waals surface area contributed by atoms with E-state index in [-0.39, 0.29) is 6.04 Å². The number of nitrogens with zero attached hydrogens (tertiary/aromatic N) is 2. The number of hydrogen-bond acceptors (Lipinski definition) is 2. The summed E-state index contributed by atoms with van der Waals surface area (Å²) in [5.74, 6) is 0. The highest BCUT2D eigenvalue weighted by Crippen LogP contribution is 2.09. The van der Waals surface area contributed by atoms with E-state index in [1.165, 1.54) is 0 Å². The zero-order valence-corrected chi connectivity index (χ0v) is 9.01. The first-order chi connectivity index (χ1) is 7.16. The second-order valence-corrected chi connectivity index (χ2v) is 3.81. The van der Waals surface area contributed by atoms with Crippen molar-refractivity contribution in [3.8, 4) is 0 Å². The SMILES string of the molecule is C/C(=C\c1cn2ccccc2n1)C(C)N. The first-order valence-electron chi connectivity index (χ1n) is 5.04. The van der Waals surface area contributed by atoms with Crippen molar-refractivity contribution in [3.63, 3.8) is 0 Å².